The zero-order valence-corrected chi connectivity index (χ0v) is 16.6. The molecule has 1 saturated heterocycles. The first-order chi connectivity index (χ1) is 12.9. The second-order valence-electron chi connectivity index (χ2n) is 6.12. The smallest absolute Gasteiger partial charge is 0.324 e. The molecule has 140 valence electrons. The summed E-state index contributed by atoms with van der Waals surface area (Å²) in [4.78, 5) is 38.6. The largest absolute Gasteiger partial charge is 0.325 e. The molecule has 27 heavy (non-hydrogen) atoms. The topological polar surface area (TPSA) is 78.5 Å². The lowest BCUT2D eigenvalue weighted by atomic mass is 9.87. The Bertz CT molecular complexity index is 903. The molecule has 1 fully saturated rings. The number of rotatable bonds is 5. The van der Waals surface area contributed by atoms with Gasteiger partial charge in [-0.05, 0) is 58.8 Å². The van der Waals surface area contributed by atoms with Crippen LogP contribution in [0.15, 0.2) is 48.5 Å². The van der Waals surface area contributed by atoms with Crippen LogP contribution in [0.25, 0.3) is 0 Å². The molecular formula is C19H17FIN3O3. The molecule has 1 heterocycles. The summed E-state index contributed by atoms with van der Waals surface area (Å²) < 4.78 is 14.1. The maximum Gasteiger partial charge on any atom is 0.325 e. The highest BCUT2D eigenvalue weighted by molar-refractivity contribution is 14.1. The summed E-state index contributed by atoms with van der Waals surface area (Å²) in [6.07, 6.45) is 0.276. The lowest BCUT2D eigenvalue weighted by Crippen LogP contribution is -2.44. The Morgan fingerprint density at radius 1 is 1.19 bits per heavy atom. The first kappa shape index (κ1) is 19.3. The zero-order valence-electron chi connectivity index (χ0n) is 14.5. The fourth-order valence-corrected chi connectivity index (χ4v) is 3.56. The first-order valence-electron chi connectivity index (χ1n) is 8.32. The van der Waals surface area contributed by atoms with E-state index in [1.807, 2.05) is 12.1 Å². The molecule has 0 spiro atoms. The van der Waals surface area contributed by atoms with Crippen LogP contribution in [0.1, 0.15) is 18.9 Å². The van der Waals surface area contributed by atoms with Crippen molar-refractivity contribution in [3.05, 3.63) is 63.5 Å². The third-order valence-corrected chi connectivity index (χ3v) is 5.43. The lowest BCUT2D eigenvalue weighted by Gasteiger charge is -2.25. The fraction of sp³-hybridized carbons (Fsp3) is 0.211. The predicted octanol–water partition coefficient (Wildman–Crippen LogP) is 3.23. The number of hydrogen-bond acceptors (Lipinski definition) is 3. The summed E-state index contributed by atoms with van der Waals surface area (Å²) in [5, 5.41) is 5.37. The molecule has 0 aromatic heterocycles. The average Bonchev–Trinajstić information content (AvgIpc) is 2.89. The van der Waals surface area contributed by atoms with E-state index in [1.165, 1.54) is 24.3 Å². The van der Waals surface area contributed by atoms with Crippen LogP contribution in [0.3, 0.4) is 0 Å². The molecule has 1 aliphatic rings. The van der Waals surface area contributed by atoms with E-state index >= 15 is 0 Å². The summed E-state index contributed by atoms with van der Waals surface area (Å²) in [6, 6.07) is 11.9. The van der Waals surface area contributed by atoms with Gasteiger partial charge in [0.25, 0.3) is 5.91 Å². The Kier molecular flexibility index (Phi) is 5.45. The van der Waals surface area contributed by atoms with E-state index in [1.54, 1.807) is 19.1 Å². The fourth-order valence-electron chi connectivity index (χ4n) is 3.04. The number of nitrogens with one attached hydrogen (secondary N) is 2. The molecule has 0 bridgehead atoms. The van der Waals surface area contributed by atoms with Gasteiger partial charge in [-0.1, -0.05) is 31.2 Å². The van der Waals surface area contributed by atoms with Crippen molar-refractivity contribution in [2.24, 2.45) is 0 Å². The van der Waals surface area contributed by atoms with E-state index < -0.39 is 35.7 Å². The number of imide groups is 1. The number of para-hydroxylation sites is 1. The van der Waals surface area contributed by atoms with Crippen LogP contribution in [0.2, 0.25) is 0 Å². The Labute approximate surface area is 169 Å². The van der Waals surface area contributed by atoms with Crippen molar-refractivity contribution in [2.75, 3.05) is 11.9 Å². The van der Waals surface area contributed by atoms with Gasteiger partial charge < -0.3 is 10.6 Å². The van der Waals surface area contributed by atoms with Crippen molar-refractivity contribution >= 4 is 46.1 Å². The highest BCUT2D eigenvalue weighted by atomic mass is 127. The minimum atomic E-state index is -1.30. The van der Waals surface area contributed by atoms with Crippen LogP contribution < -0.4 is 10.6 Å². The summed E-state index contributed by atoms with van der Waals surface area (Å²) >= 11 is 2.08. The predicted molar refractivity (Wildman–Crippen MR) is 106 cm³/mol. The molecule has 3 rings (SSSR count). The van der Waals surface area contributed by atoms with Gasteiger partial charge in [0.1, 0.15) is 17.9 Å². The zero-order chi connectivity index (χ0) is 19.6. The quantitative estimate of drug-likeness (QED) is 0.509. The van der Waals surface area contributed by atoms with Crippen LogP contribution in [0.5, 0.6) is 0 Å². The van der Waals surface area contributed by atoms with Gasteiger partial charge in [0, 0.05) is 3.57 Å². The maximum absolute atomic E-state index is 13.2. The maximum atomic E-state index is 13.2. The number of carbonyl (C=O) groups excluding carboxylic acids is 3. The van der Waals surface area contributed by atoms with Gasteiger partial charge in [-0.25, -0.2) is 9.18 Å². The third kappa shape index (κ3) is 3.66. The molecule has 2 aromatic carbocycles. The molecule has 8 heteroatoms. The summed E-state index contributed by atoms with van der Waals surface area (Å²) in [5.74, 6) is -1.44. The van der Waals surface area contributed by atoms with Crippen LogP contribution in [0, 0.1) is 9.39 Å². The van der Waals surface area contributed by atoms with E-state index in [9.17, 15) is 18.8 Å². The highest BCUT2D eigenvalue weighted by Crippen LogP contribution is 2.32. The number of halogens is 2. The molecule has 1 aliphatic heterocycles. The molecule has 0 saturated carbocycles. The standard InChI is InChI=1S/C19H17FIN3O3/c1-2-19(12-7-9-13(20)10-8-12)17(26)24(18(27)23-19)11-16(25)22-15-6-4-3-5-14(15)21/h3-10H,2,11H2,1H3,(H,22,25)(H,23,27). The molecule has 1 atom stereocenters. The molecule has 0 aliphatic carbocycles. The van der Waals surface area contributed by atoms with E-state index in [4.69, 9.17) is 0 Å². The minimum absolute atomic E-state index is 0.276. The van der Waals surface area contributed by atoms with Crippen molar-refractivity contribution in [1.29, 1.82) is 0 Å². The molecule has 2 aromatic rings. The van der Waals surface area contributed by atoms with Crippen molar-refractivity contribution in [1.82, 2.24) is 10.2 Å². The molecular weight excluding hydrogens is 464 g/mol. The van der Waals surface area contributed by atoms with Crippen LogP contribution in [-0.2, 0) is 15.1 Å². The van der Waals surface area contributed by atoms with Gasteiger partial charge in [-0.2, -0.15) is 0 Å². The Morgan fingerprint density at radius 2 is 1.85 bits per heavy atom. The number of amides is 4. The number of carbonyl (C=O) groups is 3. The number of anilines is 1. The number of nitrogens with zero attached hydrogens (tertiary/aromatic N) is 1. The molecule has 1 unspecified atom stereocenters. The second-order valence-corrected chi connectivity index (χ2v) is 7.28. The van der Waals surface area contributed by atoms with E-state index in [2.05, 4.69) is 33.2 Å². The van der Waals surface area contributed by atoms with Crippen molar-refractivity contribution < 1.29 is 18.8 Å². The molecule has 4 amide bonds. The van der Waals surface area contributed by atoms with Crippen molar-refractivity contribution in [3.63, 3.8) is 0 Å². The van der Waals surface area contributed by atoms with Gasteiger partial charge in [-0.15, -0.1) is 0 Å². The summed E-state index contributed by atoms with van der Waals surface area (Å²) in [7, 11) is 0. The van der Waals surface area contributed by atoms with Crippen LogP contribution in [0.4, 0.5) is 14.9 Å². The van der Waals surface area contributed by atoms with Crippen molar-refractivity contribution in [3.8, 4) is 0 Å². The Hall–Kier alpha value is -2.49. The molecule has 0 radical (unpaired) electrons. The van der Waals surface area contributed by atoms with Gasteiger partial charge in [-0.3, -0.25) is 14.5 Å². The normalized spacial score (nSPS) is 19.1. The van der Waals surface area contributed by atoms with Crippen LogP contribution >= 0.6 is 22.6 Å². The van der Waals surface area contributed by atoms with Gasteiger partial charge >= 0.3 is 6.03 Å². The van der Waals surface area contributed by atoms with Crippen molar-refractivity contribution in [2.45, 2.75) is 18.9 Å². The average molecular weight is 481 g/mol. The minimum Gasteiger partial charge on any atom is -0.324 e. The van der Waals surface area contributed by atoms with Gasteiger partial charge in [0.05, 0.1) is 5.69 Å². The SMILES string of the molecule is CCC1(c2ccc(F)cc2)NC(=O)N(CC(=O)Nc2ccccc2I)C1=O. The summed E-state index contributed by atoms with van der Waals surface area (Å²) in [5.41, 5.74) is -0.215. The third-order valence-electron chi connectivity index (χ3n) is 4.49. The number of hydrogen-bond donors (Lipinski definition) is 2. The lowest BCUT2D eigenvalue weighted by molar-refractivity contribution is -0.134. The van der Waals surface area contributed by atoms with E-state index in [-0.39, 0.29) is 6.42 Å². The molecule has 6 nitrogen and oxygen atoms in total. The second kappa shape index (κ2) is 7.63. The summed E-state index contributed by atoms with van der Waals surface area (Å²) in [6.45, 7) is 1.34. The molecule has 2 N–H and O–H groups in total. The highest BCUT2D eigenvalue weighted by Gasteiger charge is 2.51. The monoisotopic (exact) mass is 481 g/mol. The van der Waals surface area contributed by atoms with Crippen LogP contribution in [-0.4, -0.2) is 29.3 Å². The van der Waals surface area contributed by atoms with E-state index in [0.717, 1.165) is 8.47 Å². The van der Waals surface area contributed by atoms with E-state index in [0.29, 0.717) is 11.3 Å². The van der Waals surface area contributed by atoms with Gasteiger partial charge in [0.15, 0.2) is 0 Å². The Balaban J connectivity index is 1.80. The Morgan fingerprint density at radius 3 is 2.48 bits per heavy atom. The number of urea groups is 1. The first-order valence-corrected chi connectivity index (χ1v) is 9.40. The van der Waals surface area contributed by atoms with Gasteiger partial charge in [0.2, 0.25) is 5.91 Å². The number of benzene rings is 2.